The van der Waals surface area contributed by atoms with Crippen molar-refractivity contribution in [2.45, 2.75) is 39.7 Å². The molecule has 1 saturated heterocycles. The van der Waals surface area contributed by atoms with E-state index in [1.807, 2.05) is 18.7 Å². The molecule has 8 nitrogen and oxygen atoms in total. The number of benzene rings is 1. The summed E-state index contributed by atoms with van der Waals surface area (Å²) in [6.07, 6.45) is 1.48. The van der Waals surface area contributed by atoms with Crippen LogP contribution in [0.1, 0.15) is 32.3 Å². The van der Waals surface area contributed by atoms with Crippen LogP contribution in [0.3, 0.4) is 0 Å². The van der Waals surface area contributed by atoms with Crippen LogP contribution in [0.5, 0.6) is 0 Å². The molecule has 0 spiro atoms. The van der Waals surface area contributed by atoms with Crippen molar-refractivity contribution in [3.63, 3.8) is 0 Å². The van der Waals surface area contributed by atoms with Crippen molar-refractivity contribution in [2.24, 2.45) is 5.92 Å². The fraction of sp³-hybridized carbons (Fsp3) is 0.556. The second kappa shape index (κ2) is 8.75. The number of aryl methyl sites for hydroxylation is 1. The highest BCUT2D eigenvalue weighted by molar-refractivity contribution is 5.93. The van der Waals surface area contributed by atoms with E-state index in [1.54, 1.807) is 13.0 Å². The maximum absolute atomic E-state index is 12.2. The average Bonchev–Trinajstić information content (AvgIpc) is 2.56. The highest BCUT2D eigenvalue weighted by Crippen LogP contribution is 2.22. The van der Waals surface area contributed by atoms with Crippen LogP contribution in [0.4, 0.5) is 11.4 Å². The lowest BCUT2D eigenvalue weighted by Gasteiger charge is -2.31. The summed E-state index contributed by atoms with van der Waals surface area (Å²) in [5.74, 6) is -0.0636. The van der Waals surface area contributed by atoms with Crippen molar-refractivity contribution < 1.29 is 14.5 Å². The van der Waals surface area contributed by atoms with E-state index in [0.717, 1.165) is 12.8 Å². The molecule has 26 heavy (non-hydrogen) atoms. The smallest absolute Gasteiger partial charge is 0.269 e. The van der Waals surface area contributed by atoms with Gasteiger partial charge in [0, 0.05) is 29.8 Å². The molecule has 1 aliphatic heterocycles. The van der Waals surface area contributed by atoms with E-state index in [9.17, 15) is 19.7 Å². The standard InChI is InChI=1S/C18H26N4O4/c1-12(2)19-18(24)14-6-8-21(9-7-14)11-17(23)20-16-5-4-15(22(25)26)10-13(16)3/h4-5,10,12,14H,6-9,11H2,1-3H3,(H,19,24)(H,20,23). The Labute approximate surface area is 153 Å². The number of carbonyl (C=O) groups is 2. The van der Waals surface area contributed by atoms with E-state index in [2.05, 4.69) is 10.6 Å². The van der Waals surface area contributed by atoms with Gasteiger partial charge in [0.15, 0.2) is 0 Å². The number of nitro benzene ring substituents is 1. The molecule has 0 aliphatic carbocycles. The van der Waals surface area contributed by atoms with Gasteiger partial charge in [0.05, 0.1) is 11.5 Å². The third-order valence-corrected chi connectivity index (χ3v) is 4.45. The molecule has 142 valence electrons. The number of hydrogen-bond donors (Lipinski definition) is 2. The summed E-state index contributed by atoms with van der Waals surface area (Å²) >= 11 is 0. The maximum Gasteiger partial charge on any atom is 0.269 e. The first-order valence-electron chi connectivity index (χ1n) is 8.84. The first-order chi connectivity index (χ1) is 12.3. The highest BCUT2D eigenvalue weighted by atomic mass is 16.6. The highest BCUT2D eigenvalue weighted by Gasteiger charge is 2.26. The predicted octanol–water partition coefficient (Wildman–Crippen LogP) is 2.08. The number of carbonyl (C=O) groups excluding carboxylic acids is 2. The quantitative estimate of drug-likeness (QED) is 0.595. The number of nitrogens with one attached hydrogen (secondary N) is 2. The molecular formula is C18H26N4O4. The maximum atomic E-state index is 12.2. The van der Waals surface area contributed by atoms with Crippen molar-refractivity contribution in [2.75, 3.05) is 25.0 Å². The second-order valence-corrected chi connectivity index (χ2v) is 7.02. The first kappa shape index (κ1) is 19.8. The van der Waals surface area contributed by atoms with Gasteiger partial charge in [-0.2, -0.15) is 0 Å². The third-order valence-electron chi connectivity index (χ3n) is 4.45. The topological polar surface area (TPSA) is 105 Å². The number of piperidine rings is 1. The molecule has 2 amide bonds. The number of anilines is 1. The minimum absolute atomic E-state index is 0.00208. The van der Waals surface area contributed by atoms with Gasteiger partial charge in [0.25, 0.3) is 5.69 Å². The van der Waals surface area contributed by atoms with Gasteiger partial charge in [-0.05, 0) is 58.3 Å². The molecule has 1 aliphatic rings. The zero-order valence-electron chi connectivity index (χ0n) is 15.4. The Hall–Kier alpha value is -2.48. The molecule has 0 saturated carbocycles. The molecule has 0 radical (unpaired) electrons. The summed E-state index contributed by atoms with van der Waals surface area (Å²) in [7, 11) is 0. The molecule has 1 heterocycles. The Morgan fingerprint density at radius 1 is 1.31 bits per heavy atom. The van der Waals surface area contributed by atoms with E-state index >= 15 is 0 Å². The van der Waals surface area contributed by atoms with E-state index in [0.29, 0.717) is 24.3 Å². The molecule has 0 unspecified atom stereocenters. The van der Waals surface area contributed by atoms with Crippen molar-refractivity contribution in [1.29, 1.82) is 0 Å². The van der Waals surface area contributed by atoms with Crippen LogP contribution in [-0.2, 0) is 9.59 Å². The van der Waals surface area contributed by atoms with Gasteiger partial charge in [-0.3, -0.25) is 24.6 Å². The average molecular weight is 362 g/mol. The Bertz CT molecular complexity index is 682. The van der Waals surface area contributed by atoms with E-state index in [4.69, 9.17) is 0 Å². The molecule has 0 aromatic heterocycles. The number of non-ortho nitro benzene ring substituents is 1. The van der Waals surface area contributed by atoms with E-state index in [-0.39, 0.29) is 36.0 Å². The molecular weight excluding hydrogens is 336 g/mol. The van der Waals surface area contributed by atoms with Crippen LogP contribution in [0.2, 0.25) is 0 Å². The molecule has 1 aromatic rings. The Kier molecular flexibility index (Phi) is 6.68. The Balaban J connectivity index is 1.82. The van der Waals surface area contributed by atoms with Gasteiger partial charge >= 0.3 is 0 Å². The van der Waals surface area contributed by atoms with E-state index in [1.165, 1.54) is 12.1 Å². The minimum atomic E-state index is -0.460. The SMILES string of the molecule is Cc1cc([N+](=O)[O-])ccc1NC(=O)CN1CCC(C(=O)NC(C)C)CC1. The number of amides is 2. The number of likely N-dealkylation sites (tertiary alicyclic amines) is 1. The van der Waals surface area contributed by atoms with Gasteiger partial charge in [-0.15, -0.1) is 0 Å². The summed E-state index contributed by atoms with van der Waals surface area (Å²) < 4.78 is 0. The molecule has 8 heteroatoms. The summed E-state index contributed by atoms with van der Waals surface area (Å²) in [4.78, 5) is 36.6. The fourth-order valence-electron chi connectivity index (χ4n) is 3.05. The largest absolute Gasteiger partial charge is 0.354 e. The molecule has 1 aromatic carbocycles. The van der Waals surface area contributed by atoms with Gasteiger partial charge < -0.3 is 10.6 Å². The molecule has 2 rings (SSSR count). The van der Waals surface area contributed by atoms with Crippen molar-refractivity contribution >= 4 is 23.2 Å². The number of nitro groups is 1. The van der Waals surface area contributed by atoms with Crippen LogP contribution in [0, 0.1) is 23.0 Å². The Morgan fingerprint density at radius 3 is 2.50 bits per heavy atom. The summed E-state index contributed by atoms with van der Waals surface area (Å²) in [5.41, 5.74) is 1.23. The molecule has 0 atom stereocenters. The molecule has 2 N–H and O–H groups in total. The lowest BCUT2D eigenvalue weighted by atomic mass is 9.95. The van der Waals surface area contributed by atoms with Gasteiger partial charge in [-0.25, -0.2) is 0 Å². The number of nitrogens with zero attached hydrogens (tertiary/aromatic N) is 2. The van der Waals surface area contributed by atoms with Crippen molar-refractivity contribution in [3.8, 4) is 0 Å². The fourth-order valence-corrected chi connectivity index (χ4v) is 3.05. The van der Waals surface area contributed by atoms with Crippen LogP contribution in [-0.4, -0.2) is 47.3 Å². The minimum Gasteiger partial charge on any atom is -0.354 e. The zero-order chi connectivity index (χ0) is 19.3. The third kappa shape index (κ3) is 5.52. The monoisotopic (exact) mass is 362 g/mol. The van der Waals surface area contributed by atoms with Crippen LogP contribution >= 0.6 is 0 Å². The first-order valence-corrected chi connectivity index (χ1v) is 8.84. The number of rotatable bonds is 6. The second-order valence-electron chi connectivity index (χ2n) is 7.02. The van der Waals surface area contributed by atoms with Gasteiger partial charge in [-0.1, -0.05) is 0 Å². The lowest BCUT2D eigenvalue weighted by molar-refractivity contribution is -0.384. The molecule has 0 bridgehead atoms. The van der Waals surface area contributed by atoms with E-state index < -0.39 is 4.92 Å². The van der Waals surface area contributed by atoms with Gasteiger partial charge in [0.2, 0.25) is 11.8 Å². The Morgan fingerprint density at radius 2 is 1.96 bits per heavy atom. The lowest BCUT2D eigenvalue weighted by Crippen LogP contribution is -2.44. The van der Waals surface area contributed by atoms with Gasteiger partial charge in [0.1, 0.15) is 0 Å². The number of hydrogen-bond acceptors (Lipinski definition) is 5. The molecule has 1 fully saturated rings. The summed E-state index contributed by atoms with van der Waals surface area (Å²) in [5, 5.41) is 16.5. The van der Waals surface area contributed by atoms with Crippen LogP contribution < -0.4 is 10.6 Å². The summed E-state index contributed by atoms with van der Waals surface area (Å²) in [6.45, 7) is 7.25. The summed E-state index contributed by atoms with van der Waals surface area (Å²) in [6, 6.07) is 4.50. The zero-order valence-corrected chi connectivity index (χ0v) is 15.4. The van der Waals surface area contributed by atoms with Crippen LogP contribution in [0.25, 0.3) is 0 Å². The van der Waals surface area contributed by atoms with Crippen molar-refractivity contribution in [3.05, 3.63) is 33.9 Å². The van der Waals surface area contributed by atoms with Crippen molar-refractivity contribution in [1.82, 2.24) is 10.2 Å². The normalized spacial score (nSPS) is 15.7. The predicted molar refractivity (Wildman–Crippen MR) is 98.9 cm³/mol. The van der Waals surface area contributed by atoms with Crippen LogP contribution in [0.15, 0.2) is 18.2 Å².